The van der Waals surface area contributed by atoms with Crippen LogP contribution in [0.25, 0.3) is 0 Å². The average Bonchev–Trinajstić information content (AvgIpc) is 2.35. The third kappa shape index (κ3) is 3.65. The predicted molar refractivity (Wildman–Crippen MR) is 80.2 cm³/mol. The van der Waals surface area contributed by atoms with Gasteiger partial charge in [-0.1, -0.05) is 20.8 Å². The van der Waals surface area contributed by atoms with E-state index in [4.69, 9.17) is 0 Å². The lowest BCUT2D eigenvalue weighted by Gasteiger charge is -2.44. The van der Waals surface area contributed by atoms with Crippen LogP contribution >= 0.6 is 11.8 Å². The highest BCUT2D eigenvalue weighted by atomic mass is 32.2. The number of amides is 2. The number of nitrogens with one attached hydrogen (secondary N) is 1. The molecule has 0 bridgehead atoms. The first kappa shape index (κ1) is 16.3. The molecule has 0 aliphatic carbocycles. The van der Waals surface area contributed by atoms with Crippen LogP contribution in [0.2, 0.25) is 0 Å². The number of hydrogen-bond acceptors (Lipinski definition) is 3. The highest BCUT2D eigenvalue weighted by Gasteiger charge is 2.46. The molecule has 1 N–H and O–H groups in total. The summed E-state index contributed by atoms with van der Waals surface area (Å²) in [6, 6.07) is -0.306. The van der Waals surface area contributed by atoms with E-state index in [9.17, 15) is 9.59 Å². The summed E-state index contributed by atoms with van der Waals surface area (Å²) in [7, 11) is 0. The monoisotopic (exact) mass is 286 g/mol. The lowest BCUT2D eigenvalue weighted by atomic mass is 9.89. The standard InChI is InChI=1S/C14H26N2O2S/c1-6-14(4)13(18)16(7-8-19-5)11(9-10(2)3)12(17)15-14/h10-11H,6-9H2,1-5H3,(H,15,17). The molecule has 1 saturated heterocycles. The Bertz CT molecular complexity index is 346. The second-order valence-corrected chi connectivity index (χ2v) is 6.80. The van der Waals surface area contributed by atoms with E-state index in [0.29, 0.717) is 18.9 Å². The van der Waals surface area contributed by atoms with Crippen LogP contribution < -0.4 is 5.32 Å². The summed E-state index contributed by atoms with van der Waals surface area (Å²) in [6.45, 7) is 8.58. The van der Waals surface area contributed by atoms with Crippen LogP contribution in [-0.2, 0) is 9.59 Å². The quantitative estimate of drug-likeness (QED) is 0.811. The van der Waals surface area contributed by atoms with Crippen molar-refractivity contribution in [2.45, 2.75) is 52.1 Å². The molecule has 2 amide bonds. The topological polar surface area (TPSA) is 49.4 Å². The van der Waals surface area contributed by atoms with E-state index < -0.39 is 5.54 Å². The molecule has 110 valence electrons. The summed E-state index contributed by atoms with van der Waals surface area (Å²) in [6.07, 6.45) is 3.37. The van der Waals surface area contributed by atoms with Gasteiger partial charge < -0.3 is 10.2 Å². The predicted octanol–water partition coefficient (Wildman–Crippen LogP) is 1.89. The van der Waals surface area contributed by atoms with Gasteiger partial charge in [0.15, 0.2) is 0 Å². The summed E-state index contributed by atoms with van der Waals surface area (Å²) in [5.41, 5.74) is -0.733. The molecule has 1 aliphatic rings. The minimum Gasteiger partial charge on any atom is -0.340 e. The first-order valence-electron chi connectivity index (χ1n) is 6.97. The summed E-state index contributed by atoms with van der Waals surface area (Å²) in [5.74, 6) is 1.33. The van der Waals surface area contributed by atoms with Crippen molar-refractivity contribution in [3.05, 3.63) is 0 Å². The van der Waals surface area contributed by atoms with Crippen molar-refractivity contribution in [2.75, 3.05) is 18.6 Å². The van der Waals surface area contributed by atoms with E-state index in [-0.39, 0.29) is 17.9 Å². The number of thioether (sulfide) groups is 1. The minimum absolute atomic E-state index is 0.00115. The lowest BCUT2D eigenvalue weighted by molar-refractivity contribution is -0.154. The number of carbonyl (C=O) groups is 2. The maximum Gasteiger partial charge on any atom is 0.248 e. The zero-order chi connectivity index (χ0) is 14.6. The molecule has 0 spiro atoms. The van der Waals surface area contributed by atoms with E-state index in [1.54, 1.807) is 16.7 Å². The van der Waals surface area contributed by atoms with Gasteiger partial charge in [-0.25, -0.2) is 0 Å². The Kier molecular flexibility index (Phi) is 5.71. The van der Waals surface area contributed by atoms with Gasteiger partial charge in [0, 0.05) is 12.3 Å². The molecular formula is C14H26N2O2S. The molecule has 1 aliphatic heterocycles. The number of piperazine rings is 1. The average molecular weight is 286 g/mol. The Labute approximate surface area is 120 Å². The van der Waals surface area contributed by atoms with E-state index in [2.05, 4.69) is 19.2 Å². The number of hydrogen-bond donors (Lipinski definition) is 1. The zero-order valence-corrected chi connectivity index (χ0v) is 13.5. The molecule has 1 fully saturated rings. The molecule has 4 nitrogen and oxygen atoms in total. The van der Waals surface area contributed by atoms with Crippen molar-refractivity contribution < 1.29 is 9.59 Å². The van der Waals surface area contributed by atoms with Crippen molar-refractivity contribution in [3.8, 4) is 0 Å². The minimum atomic E-state index is -0.733. The van der Waals surface area contributed by atoms with E-state index in [0.717, 1.165) is 12.2 Å². The molecule has 2 atom stereocenters. The van der Waals surface area contributed by atoms with E-state index in [1.807, 2.05) is 20.1 Å². The molecule has 0 saturated carbocycles. The smallest absolute Gasteiger partial charge is 0.248 e. The van der Waals surface area contributed by atoms with Crippen molar-refractivity contribution in [3.63, 3.8) is 0 Å². The highest BCUT2D eigenvalue weighted by Crippen LogP contribution is 2.25. The molecule has 19 heavy (non-hydrogen) atoms. The molecule has 0 aromatic carbocycles. The van der Waals surface area contributed by atoms with Crippen LogP contribution in [0.5, 0.6) is 0 Å². The van der Waals surface area contributed by atoms with Crippen LogP contribution in [0.3, 0.4) is 0 Å². The van der Waals surface area contributed by atoms with Gasteiger partial charge in [-0.2, -0.15) is 11.8 Å². The maximum absolute atomic E-state index is 12.6. The molecular weight excluding hydrogens is 260 g/mol. The lowest BCUT2D eigenvalue weighted by Crippen LogP contribution is -2.69. The van der Waals surface area contributed by atoms with Gasteiger partial charge in [-0.3, -0.25) is 9.59 Å². The molecule has 0 aromatic rings. The largest absolute Gasteiger partial charge is 0.340 e. The van der Waals surface area contributed by atoms with Crippen LogP contribution in [0.1, 0.15) is 40.5 Å². The number of nitrogens with zero attached hydrogens (tertiary/aromatic N) is 1. The second kappa shape index (κ2) is 6.64. The fraction of sp³-hybridized carbons (Fsp3) is 0.857. The molecule has 2 unspecified atom stereocenters. The van der Waals surface area contributed by atoms with Crippen molar-refractivity contribution in [2.24, 2.45) is 5.92 Å². The van der Waals surface area contributed by atoms with E-state index in [1.165, 1.54) is 0 Å². The van der Waals surface area contributed by atoms with Gasteiger partial charge in [0.1, 0.15) is 11.6 Å². The second-order valence-electron chi connectivity index (χ2n) is 5.81. The maximum atomic E-state index is 12.6. The van der Waals surface area contributed by atoms with Crippen LogP contribution in [-0.4, -0.2) is 46.8 Å². The Morgan fingerprint density at radius 1 is 1.42 bits per heavy atom. The summed E-state index contributed by atoms with van der Waals surface area (Å²) in [4.78, 5) is 26.7. The molecule has 1 heterocycles. The summed E-state index contributed by atoms with van der Waals surface area (Å²) >= 11 is 1.70. The SMILES string of the molecule is CCC1(C)NC(=O)C(CC(C)C)N(CCSC)C1=O. The van der Waals surface area contributed by atoms with Gasteiger partial charge in [0.25, 0.3) is 0 Å². The summed E-state index contributed by atoms with van der Waals surface area (Å²) in [5, 5.41) is 2.92. The Morgan fingerprint density at radius 3 is 2.53 bits per heavy atom. The Balaban J connectivity index is 2.96. The van der Waals surface area contributed by atoms with Crippen LogP contribution in [0, 0.1) is 5.92 Å². The summed E-state index contributed by atoms with van der Waals surface area (Å²) < 4.78 is 0. The van der Waals surface area contributed by atoms with Gasteiger partial charge in [-0.05, 0) is 31.9 Å². The molecule has 0 aromatic heterocycles. The first-order chi connectivity index (χ1) is 8.85. The van der Waals surface area contributed by atoms with Crippen molar-refractivity contribution in [1.29, 1.82) is 0 Å². The van der Waals surface area contributed by atoms with Crippen molar-refractivity contribution in [1.82, 2.24) is 10.2 Å². The normalized spacial score (nSPS) is 27.9. The van der Waals surface area contributed by atoms with Crippen LogP contribution in [0.15, 0.2) is 0 Å². The fourth-order valence-electron chi connectivity index (χ4n) is 2.38. The third-order valence-electron chi connectivity index (χ3n) is 3.75. The molecule has 0 radical (unpaired) electrons. The Hall–Kier alpha value is -0.710. The van der Waals surface area contributed by atoms with Crippen LogP contribution in [0.4, 0.5) is 0 Å². The number of carbonyl (C=O) groups excluding carboxylic acids is 2. The third-order valence-corrected chi connectivity index (χ3v) is 4.34. The van der Waals surface area contributed by atoms with Gasteiger partial charge >= 0.3 is 0 Å². The van der Waals surface area contributed by atoms with Crippen molar-refractivity contribution >= 4 is 23.6 Å². The van der Waals surface area contributed by atoms with Gasteiger partial charge in [-0.15, -0.1) is 0 Å². The molecule has 5 heteroatoms. The molecule has 1 rings (SSSR count). The van der Waals surface area contributed by atoms with Gasteiger partial charge in [0.2, 0.25) is 11.8 Å². The highest BCUT2D eigenvalue weighted by molar-refractivity contribution is 7.98. The number of rotatable bonds is 6. The zero-order valence-electron chi connectivity index (χ0n) is 12.7. The first-order valence-corrected chi connectivity index (χ1v) is 8.37. The van der Waals surface area contributed by atoms with E-state index >= 15 is 0 Å². The Morgan fingerprint density at radius 2 is 2.05 bits per heavy atom. The van der Waals surface area contributed by atoms with Gasteiger partial charge in [0.05, 0.1) is 0 Å². The fourth-order valence-corrected chi connectivity index (χ4v) is 2.76.